The molecule has 0 atom stereocenters. The van der Waals surface area contributed by atoms with E-state index < -0.39 is 0 Å². The predicted molar refractivity (Wildman–Crippen MR) is 74.8 cm³/mol. The van der Waals surface area contributed by atoms with E-state index in [9.17, 15) is 4.79 Å². The van der Waals surface area contributed by atoms with Gasteiger partial charge < -0.3 is 9.47 Å². The number of carbonyl (C=O) groups is 1. The lowest BCUT2D eigenvalue weighted by molar-refractivity contribution is -0.147. The summed E-state index contributed by atoms with van der Waals surface area (Å²) in [6, 6.07) is 0. The first-order valence-corrected chi connectivity index (χ1v) is 7.81. The van der Waals surface area contributed by atoms with Crippen LogP contribution in [-0.2, 0) is 14.3 Å². The molecule has 0 radical (unpaired) electrons. The number of rotatable bonds is 4. The number of methoxy groups -OCH3 is 2. The Labute approximate surface area is 117 Å². The van der Waals surface area contributed by atoms with Crippen LogP contribution in [-0.4, -0.2) is 26.8 Å². The van der Waals surface area contributed by atoms with Crippen LogP contribution in [0.3, 0.4) is 0 Å². The van der Waals surface area contributed by atoms with Gasteiger partial charge in [0.05, 0.1) is 13.0 Å². The van der Waals surface area contributed by atoms with Gasteiger partial charge in [-0.05, 0) is 69.1 Å². The van der Waals surface area contributed by atoms with Crippen LogP contribution in [0.2, 0.25) is 0 Å². The van der Waals surface area contributed by atoms with E-state index in [1.807, 2.05) is 0 Å². The van der Waals surface area contributed by atoms with Crippen LogP contribution in [0.5, 0.6) is 0 Å². The molecule has 3 nitrogen and oxygen atoms in total. The van der Waals surface area contributed by atoms with Gasteiger partial charge in [-0.25, -0.2) is 0 Å². The second kappa shape index (κ2) is 7.28. The Balaban J connectivity index is 1.72. The third kappa shape index (κ3) is 3.95. The quantitative estimate of drug-likeness (QED) is 0.733. The first-order chi connectivity index (χ1) is 9.24. The van der Waals surface area contributed by atoms with Crippen molar-refractivity contribution in [2.24, 2.45) is 23.7 Å². The molecular formula is C16H28O3. The van der Waals surface area contributed by atoms with E-state index in [0.29, 0.717) is 0 Å². The zero-order valence-electron chi connectivity index (χ0n) is 12.4. The summed E-state index contributed by atoms with van der Waals surface area (Å²) in [4.78, 5) is 11.5. The van der Waals surface area contributed by atoms with Crippen molar-refractivity contribution >= 4 is 5.97 Å². The minimum atomic E-state index is 0.00209. The Morgan fingerprint density at radius 3 is 1.89 bits per heavy atom. The average Bonchev–Trinajstić information content (AvgIpc) is 2.48. The Bertz CT molecular complexity index is 274. The molecule has 2 aliphatic rings. The molecule has 0 heterocycles. The largest absolute Gasteiger partial charge is 0.469 e. The summed E-state index contributed by atoms with van der Waals surface area (Å²) in [5, 5.41) is 0. The molecule has 0 unspecified atom stereocenters. The van der Waals surface area contributed by atoms with Crippen molar-refractivity contribution in [3.05, 3.63) is 0 Å². The van der Waals surface area contributed by atoms with Crippen molar-refractivity contribution in [2.45, 2.75) is 51.4 Å². The molecule has 3 heteroatoms. The Morgan fingerprint density at radius 2 is 1.42 bits per heavy atom. The van der Waals surface area contributed by atoms with Gasteiger partial charge in [-0.2, -0.15) is 0 Å². The van der Waals surface area contributed by atoms with Crippen molar-refractivity contribution in [1.82, 2.24) is 0 Å². The summed E-state index contributed by atoms with van der Waals surface area (Å²) in [6.45, 7) is 0.932. The summed E-state index contributed by atoms with van der Waals surface area (Å²) in [7, 11) is 3.31. The monoisotopic (exact) mass is 268 g/mol. The second-order valence-electron chi connectivity index (χ2n) is 6.37. The molecule has 110 valence electrons. The highest BCUT2D eigenvalue weighted by Gasteiger charge is 2.33. The summed E-state index contributed by atoms with van der Waals surface area (Å²) in [5.41, 5.74) is 0. The molecule has 2 rings (SSSR count). The summed E-state index contributed by atoms with van der Waals surface area (Å²) in [6.07, 6.45) is 9.90. The molecule has 0 aliphatic heterocycles. The highest BCUT2D eigenvalue weighted by molar-refractivity contribution is 5.72. The first-order valence-electron chi connectivity index (χ1n) is 7.81. The van der Waals surface area contributed by atoms with Crippen LogP contribution in [0.4, 0.5) is 0 Å². The molecule has 0 spiro atoms. The topological polar surface area (TPSA) is 35.5 Å². The SMILES string of the molecule is COC[C@H]1CC[C@H]([C@H]2CC[C@H](C(=O)OC)CC2)CC1. The number of ether oxygens (including phenoxy) is 2. The van der Waals surface area contributed by atoms with Gasteiger partial charge in [-0.15, -0.1) is 0 Å². The molecule has 2 aliphatic carbocycles. The molecule has 0 aromatic rings. The van der Waals surface area contributed by atoms with Crippen LogP contribution in [0.1, 0.15) is 51.4 Å². The fraction of sp³-hybridized carbons (Fsp3) is 0.938. The maximum atomic E-state index is 11.5. The van der Waals surface area contributed by atoms with Crippen molar-refractivity contribution in [1.29, 1.82) is 0 Å². The van der Waals surface area contributed by atoms with E-state index in [4.69, 9.17) is 9.47 Å². The van der Waals surface area contributed by atoms with E-state index in [-0.39, 0.29) is 11.9 Å². The van der Waals surface area contributed by atoms with Crippen molar-refractivity contribution in [3.63, 3.8) is 0 Å². The van der Waals surface area contributed by atoms with Gasteiger partial charge in [-0.3, -0.25) is 4.79 Å². The number of esters is 1. The Kier molecular flexibility index (Phi) is 5.68. The molecule has 0 amide bonds. The predicted octanol–water partition coefficient (Wildman–Crippen LogP) is 3.42. The molecule has 19 heavy (non-hydrogen) atoms. The van der Waals surface area contributed by atoms with Gasteiger partial charge in [0, 0.05) is 13.7 Å². The summed E-state index contributed by atoms with van der Waals surface area (Å²) >= 11 is 0. The van der Waals surface area contributed by atoms with Gasteiger partial charge in [-0.1, -0.05) is 0 Å². The maximum Gasteiger partial charge on any atom is 0.308 e. The normalized spacial score (nSPS) is 35.9. The van der Waals surface area contributed by atoms with E-state index in [1.165, 1.54) is 45.6 Å². The molecule has 2 saturated carbocycles. The van der Waals surface area contributed by atoms with E-state index in [0.717, 1.165) is 37.2 Å². The molecule has 0 saturated heterocycles. The zero-order chi connectivity index (χ0) is 13.7. The summed E-state index contributed by atoms with van der Waals surface area (Å²) < 4.78 is 10.1. The van der Waals surface area contributed by atoms with Crippen LogP contribution < -0.4 is 0 Å². The van der Waals surface area contributed by atoms with E-state index in [1.54, 1.807) is 7.11 Å². The molecule has 0 aromatic heterocycles. The lowest BCUT2D eigenvalue weighted by Gasteiger charge is -2.37. The molecular weight excluding hydrogens is 240 g/mol. The highest BCUT2D eigenvalue weighted by Crippen LogP contribution is 2.41. The first kappa shape index (κ1) is 14.8. The molecule has 0 bridgehead atoms. The van der Waals surface area contributed by atoms with Gasteiger partial charge in [0.15, 0.2) is 0 Å². The number of hydrogen-bond acceptors (Lipinski definition) is 3. The fourth-order valence-electron chi connectivity index (χ4n) is 4.05. The van der Waals surface area contributed by atoms with Crippen LogP contribution in [0.15, 0.2) is 0 Å². The van der Waals surface area contributed by atoms with Gasteiger partial charge in [0.2, 0.25) is 0 Å². The molecule has 0 aromatic carbocycles. The van der Waals surface area contributed by atoms with Crippen LogP contribution in [0.25, 0.3) is 0 Å². The third-order valence-electron chi connectivity index (χ3n) is 5.27. The van der Waals surface area contributed by atoms with E-state index >= 15 is 0 Å². The lowest BCUT2D eigenvalue weighted by Crippen LogP contribution is -2.29. The highest BCUT2D eigenvalue weighted by atomic mass is 16.5. The van der Waals surface area contributed by atoms with Gasteiger partial charge >= 0.3 is 5.97 Å². The average molecular weight is 268 g/mol. The number of hydrogen-bond donors (Lipinski definition) is 0. The summed E-state index contributed by atoms with van der Waals surface area (Å²) in [5.74, 6) is 2.71. The zero-order valence-corrected chi connectivity index (χ0v) is 12.4. The minimum Gasteiger partial charge on any atom is -0.469 e. The standard InChI is InChI=1S/C16H28O3/c1-18-11-12-3-5-13(6-4-12)14-7-9-15(10-8-14)16(17)19-2/h12-15H,3-11H2,1-2H3/t12-,13-,14-,15-. The van der Waals surface area contributed by atoms with Crippen molar-refractivity contribution in [2.75, 3.05) is 20.8 Å². The Morgan fingerprint density at radius 1 is 0.895 bits per heavy atom. The van der Waals surface area contributed by atoms with E-state index in [2.05, 4.69) is 0 Å². The van der Waals surface area contributed by atoms with Gasteiger partial charge in [0.25, 0.3) is 0 Å². The number of carbonyl (C=O) groups excluding carboxylic acids is 1. The fourth-order valence-corrected chi connectivity index (χ4v) is 4.05. The third-order valence-corrected chi connectivity index (χ3v) is 5.27. The molecule has 0 N–H and O–H groups in total. The van der Waals surface area contributed by atoms with Gasteiger partial charge in [0.1, 0.15) is 0 Å². The van der Waals surface area contributed by atoms with Crippen molar-refractivity contribution < 1.29 is 14.3 Å². The maximum absolute atomic E-state index is 11.5. The minimum absolute atomic E-state index is 0.00209. The van der Waals surface area contributed by atoms with Crippen LogP contribution >= 0.6 is 0 Å². The lowest BCUT2D eigenvalue weighted by atomic mass is 9.69. The van der Waals surface area contributed by atoms with Crippen molar-refractivity contribution in [3.8, 4) is 0 Å². The van der Waals surface area contributed by atoms with Crippen LogP contribution in [0, 0.1) is 23.7 Å². The smallest absolute Gasteiger partial charge is 0.308 e. The Hall–Kier alpha value is -0.570. The molecule has 2 fully saturated rings. The second-order valence-corrected chi connectivity index (χ2v) is 6.37.